The highest BCUT2D eigenvalue weighted by molar-refractivity contribution is 7.86. The van der Waals surface area contributed by atoms with E-state index in [1.54, 1.807) is 36.7 Å². The van der Waals surface area contributed by atoms with Crippen LogP contribution >= 0.6 is 0 Å². The third-order valence-electron chi connectivity index (χ3n) is 3.75. The molecule has 116 valence electrons. The van der Waals surface area contributed by atoms with Gasteiger partial charge in [0, 0.05) is 31.2 Å². The van der Waals surface area contributed by atoms with Crippen LogP contribution in [-0.4, -0.2) is 32.6 Å². The van der Waals surface area contributed by atoms with Gasteiger partial charge in [-0.25, -0.2) is 0 Å². The van der Waals surface area contributed by atoms with Gasteiger partial charge in [0.2, 0.25) is 0 Å². The third kappa shape index (κ3) is 3.28. The average Bonchev–Trinajstić information content (AvgIpc) is 2.96. The van der Waals surface area contributed by atoms with Crippen molar-refractivity contribution < 1.29 is 12.6 Å². The summed E-state index contributed by atoms with van der Waals surface area (Å²) in [7, 11) is -3.71. The first-order valence-electron chi connectivity index (χ1n) is 7.19. The molecule has 1 atom stereocenters. The molecule has 0 bridgehead atoms. The Bertz CT molecular complexity index is 730. The molecular weight excluding hydrogens is 300 g/mol. The second kappa shape index (κ2) is 6.06. The molecule has 0 N–H and O–H groups in total. The number of pyridine rings is 1. The van der Waals surface area contributed by atoms with Crippen molar-refractivity contribution in [2.24, 2.45) is 0 Å². The van der Waals surface area contributed by atoms with Crippen molar-refractivity contribution in [3.05, 3.63) is 54.4 Å². The fourth-order valence-electron chi connectivity index (χ4n) is 2.54. The Kier molecular flexibility index (Phi) is 4.13. The van der Waals surface area contributed by atoms with E-state index in [4.69, 9.17) is 4.18 Å². The maximum Gasteiger partial charge on any atom is 0.297 e. The SMILES string of the molecule is Cc1ccc(S(=O)(=O)O[C@@H]2CCN(c3ccncc3)C2)cc1. The van der Waals surface area contributed by atoms with Crippen molar-refractivity contribution in [2.75, 3.05) is 18.0 Å². The van der Waals surface area contributed by atoms with E-state index in [1.165, 1.54) is 0 Å². The van der Waals surface area contributed by atoms with Crippen LogP contribution in [0.3, 0.4) is 0 Å². The second-order valence-electron chi connectivity index (χ2n) is 5.43. The zero-order chi connectivity index (χ0) is 15.6. The zero-order valence-corrected chi connectivity index (χ0v) is 13.2. The molecule has 0 spiro atoms. The first kappa shape index (κ1) is 15.0. The molecule has 2 aromatic rings. The molecule has 1 fully saturated rings. The maximum absolute atomic E-state index is 12.3. The van der Waals surface area contributed by atoms with E-state index >= 15 is 0 Å². The van der Waals surface area contributed by atoms with Gasteiger partial charge in [-0.1, -0.05) is 17.7 Å². The van der Waals surface area contributed by atoms with Crippen molar-refractivity contribution in [3.63, 3.8) is 0 Å². The highest BCUT2D eigenvalue weighted by Crippen LogP contribution is 2.24. The van der Waals surface area contributed by atoms with Crippen LogP contribution in [-0.2, 0) is 14.3 Å². The van der Waals surface area contributed by atoms with Crippen LogP contribution in [0.4, 0.5) is 5.69 Å². The van der Waals surface area contributed by atoms with Gasteiger partial charge in [-0.2, -0.15) is 8.42 Å². The molecule has 1 aliphatic rings. The Morgan fingerprint density at radius 1 is 1.14 bits per heavy atom. The van der Waals surface area contributed by atoms with E-state index < -0.39 is 10.1 Å². The summed E-state index contributed by atoms with van der Waals surface area (Å²) in [6.07, 6.45) is 3.83. The Balaban J connectivity index is 1.68. The molecule has 1 saturated heterocycles. The summed E-state index contributed by atoms with van der Waals surface area (Å²) in [5, 5.41) is 0. The molecule has 22 heavy (non-hydrogen) atoms. The molecule has 1 aromatic carbocycles. The van der Waals surface area contributed by atoms with Gasteiger partial charge in [-0.05, 0) is 37.6 Å². The summed E-state index contributed by atoms with van der Waals surface area (Å²) in [4.78, 5) is 6.31. The first-order chi connectivity index (χ1) is 10.5. The van der Waals surface area contributed by atoms with Gasteiger partial charge in [0.05, 0.1) is 11.0 Å². The predicted molar refractivity (Wildman–Crippen MR) is 84.3 cm³/mol. The van der Waals surface area contributed by atoms with Crippen LogP contribution in [0.5, 0.6) is 0 Å². The van der Waals surface area contributed by atoms with E-state index in [1.807, 2.05) is 19.1 Å². The average molecular weight is 318 g/mol. The van der Waals surface area contributed by atoms with Crippen LogP contribution in [0.25, 0.3) is 0 Å². The molecule has 0 aliphatic carbocycles. The molecule has 1 aromatic heterocycles. The summed E-state index contributed by atoms with van der Waals surface area (Å²) < 4.78 is 30.0. The smallest absolute Gasteiger partial charge is 0.297 e. The van der Waals surface area contributed by atoms with Crippen molar-refractivity contribution in [3.8, 4) is 0 Å². The number of aromatic nitrogens is 1. The maximum atomic E-state index is 12.3. The molecule has 5 nitrogen and oxygen atoms in total. The first-order valence-corrected chi connectivity index (χ1v) is 8.60. The summed E-state index contributed by atoms with van der Waals surface area (Å²) in [6.45, 7) is 3.26. The van der Waals surface area contributed by atoms with Crippen LogP contribution in [0.1, 0.15) is 12.0 Å². The minimum absolute atomic E-state index is 0.209. The number of aryl methyl sites for hydroxylation is 1. The minimum Gasteiger partial charge on any atom is -0.369 e. The highest BCUT2D eigenvalue weighted by atomic mass is 32.2. The molecule has 0 unspecified atom stereocenters. The molecule has 3 rings (SSSR count). The van der Waals surface area contributed by atoms with Crippen molar-refractivity contribution >= 4 is 15.8 Å². The quantitative estimate of drug-likeness (QED) is 0.810. The Hall–Kier alpha value is -1.92. The van der Waals surface area contributed by atoms with E-state index in [9.17, 15) is 8.42 Å². The van der Waals surface area contributed by atoms with Gasteiger partial charge in [-0.3, -0.25) is 9.17 Å². The molecule has 0 saturated carbocycles. The topological polar surface area (TPSA) is 59.5 Å². The lowest BCUT2D eigenvalue weighted by atomic mass is 10.2. The largest absolute Gasteiger partial charge is 0.369 e. The van der Waals surface area contributed by atoms with Crippen LogP contribution in [0, 0.1) is 6.92 Å². The molecular formula is C16H18N2O3S. The van der Waals surface area contributed by atoms with Crippen LogP contribution < -0.4 is 4.90 Å². The van der Waals surface area contributed by atoms with Crippen molar-refractivity contribution in [1.29, 1.82) is 0 Å². The van der Waals surface area contributed by atoms with Gasteiger partial charge < -0.3 is 4.90 Å². The zero-order valence-electron chi connectivity index (χ0n) is 12.3. The van der Waals surface area contributed by atoms with Gasteiger partial charge in [0.15, 0.2) is 0 Å². The predicted octanol–water partition coefficient (Wildman–Crippen LogP) is 2.37. The second-order valence-corrected chi connectivity index (χ2v) is 7.00. The Morgan fingerprint density at radius 2 is 1.82 bits per heavy atom. The van der Waals surface area contributed by atoms with Crippen LogP contribution in [0.15, 0.2) is 53.7 Å². The van der Waals surface area contributed by atoms with Crippen molar-refractivity contribution in [2.45, 2.75) is 24.3 Å². The number of anilines is 1. The number of nitrogens with zero attached hydrogens (tertiary/aromatic N) is 2. The molecule has 0 amide bonds. The Labute approximate surface area is 130 Å². The van der Waals surface area contributed by atoms with E-state index in [2.05, 4.69) is 9.88 Å². The molecule has 1 aliphatic heterocycles. The summed E-state index contributed by atoms with van der Waals surface area (Å²) in [6, 6.07) is 10.5. The minimum atomic E-state index is -3.71. The van der Waals surface area contributed by atoms with Gasteiger partial charge in [-0.15, -0.1) is 0 Å². The van der Waals surface area contributed by atoms with Gasteiger partial charge in [0.25, 0.3) is 10.1 Å². The third-order valence-corrected chi connectivity index (χ3v) is 5.12. The lowest BCUT2D eigenvalue weighted by Gasteiger charge is -2.18. The van der Waals surface area contributed by atoms with E-state index in [0.29, 0.717) is 13.0 Å². The van der Waals surface area contributed by atoms with Gasteiger partial charge >= 0.3 is 0 Å². The number of rotatable bonds is 4. The fraction of sp³-hybridized carbons (Fsp3) is 0.312. The summed E-state index contributed by atoms with van der Waals surface area (Å²) in [5.41, 5.74) is 2.05. The van der Waals surface area contributed by atoms with Gasteiger partial charge in [0.1, 0.15) is 0 Å². The van der Waals surface area contributed by atoms with E-state index in [0.717, 1.165) is 17.8 Å². The Morgan fingerprint density at radius 3 is 2.50 bits per heavy atom. The highest BCUT2D eigenvalue weighted by Gasteiger charge is 2.28. The van der Waals surface area contributed by atoms with Crippen LogP contribution in [0.2, 0.25) is 0 Å². The number of hydrogen-bond donors (Lipinski definition) is 0. The fourth-order valence-corrected chi connectivity index (χ4v) is 3.63. The molecule has 2 heterocycles. The lowest BCUT2D eigenvalue weighted by Crippen LogP contribution is -2.24. The normalized spacial score (nSPS) is 18.6. The number of hydrogen-bond acceptors (Lipinski definition) is 5. The molecule has 6 heteroatoms. The lowest BCUT2D eigenvalue weighted by molar-refractivity contribution is 0.232. The molecule has 0 radical (unpaired) electrons. The van der Waals surface area contributed by atoms with E-state index in [-0.39, 0.29) is 11.0 Å². The number of benzene rings is 1. The monoisotopic (exact) mass is 318 g/mol. The van der Waals surface area contributed by atoms with Crippen molar-refractivity contribution in [1.82, 2.24) is 4.98 Å². The summed E-state index contributed by atoms with van der Waals surface area (Å²) >= 11 is 0. The summed E-state index contributed by atoms with van der Waals surface area (Å²) in [5.74, 6) is 0. The standard InChI is InChI=1S/C16H18N2O3S/c1-13-2-4-16(5-3-13)22(19,20)21-15-8-11-18(12-15)14-6-9-17-10-7-14/h2-7,9-10,15H,8,11-12H2,1H3/t15-/m1/s1.